The van der Waals surface area contributed by atoms with E-state index in [1.54, 1.807) is 30.6 Å². The topological polar surface area (TPSA) is 59.4 Å². The molecule has 0 amide bonds. The smallest absolute Gasteiger partial charge is 0.339 e. The number of pyridine rings is 1. The molecule has 0 bridgehead atoms. The minimum atomic E-state index is -0.999. The lowest BCUT2D eigenvalue weighted by Crippen LogP contribution is -2.00. The van der Waals surface area contributed by atoms with Crippen LogP contribution in [-0.4, -0.2) is 23.2 Å². The van der Waals surface area contributed by atoms with Crippen LogP contribution in [0.3, 0.4) is 0 Å². The van der Waals surface area contributed by atoms with Gasteiger partial charge in [-0.2, -0.15) is 0 Å². The van der Waals surface area contributed by atoms with Gasteiger partial charge in [-0.05, 0) is 36.2 Å². The first-order valence-electron chi connectivity index (χ1n) is 5.45. The van der Waals surface area contributed by atoms with Crippen molar-refractivity contribution >= 4 is 5.97 Å². The third-order valence-electron chi connectivity index (χ3n) is 2.64. The van der Waals surface area contributed by atoms with E-state index in [0.29, 0.717) is 5.75 Å². The number of ether oxygens (including phenoxy) is 1. The summed E-state index contributed by atoms with van der Waals surface area (Å²) in [5.41, 5.74) is 3.02. The lowest BCUT2D eigenvalue weighted by Gasteiger charge is -2.08. The van der Waals surface area contributed by atoms with Gasteiger partial charge in [-0.1, -0.05) is 6.07 Å². The highest BCUT2D eigenvalue weighted by atomic mass is 16.5. The molecule has 1 aromatic heterocycles. The monoisotopic (exact) mass is 243 g/mol. The lowest BCUT2D eigenvalue weighted by atomic mass is 10.0. The second kappa shape index (κ2) is 4.87. The number of hydrogen-bond donors (Lipinski definition) is 1. The molecular formula is C14H13NO3. The Kier molecular flexibility index (Phi) is 3.28. The summed E-state index contributed by atoms with van der Waals surface area (Å²) in [5, 5.41) is 9.01. The van der Waals surface area contributed by atoms with Crippen molar-refractivity contribution in [3.8, 4) is 16.9 Å². The van der Waals surface area contributed by atoms with Crippen molar-refractivity contribution in [3.05, 3.63) is 47.8 Å². The van der Waals surface area contributed by atoms with Gasteiger partial charge in [0.1, 0.15) is 11.3 Å². The van der Waals surface area contributed by atoms with E-state index in [1.807, 2.05) is 13.0 Å². The first-order valence-corrected chi connectivity index (χ1v) is 5.45. The molecule has 1 heterocycles. The molecule has 92 valence electrons. The Morgan fingerprint density at radius 2 is 2.00 bits per heavy atom. The van der Waals surface area contributed by atoms with Crippen LogP contribution >= 0.6 is 0 Å². The number of carbonyl (C=O) groups is 1. The number of methoxy groups -OCH3 is 1. The van der Waals surface area contributed by atoms with Crippen LogP contribution in [0.4, 0.5) is 0 Å². The average molecular weight is 243 g/mol. The first-order chi connectivity index (χ1) is 8.61. The van der Waals surface area contributed by atoms with E-state index < -0.39 is 5.97 Å². The van der Waals surface area contributed by atoms with E-state index >= 15 is 0 Å². The maximum Gasteiger partial charge on any atom is 0.339 e. The zero-order chi connectivity index (χ0) is 13.1. The van der Waals surface area contributed by atoms with Crippen LogP contribution in [0.5, 0.6) is 5.75 Å². The summed E-state index contributed by atoms with van der Waals surface area (Å²) in [6.07, 6.45) is 3.51. The Hall–Kier alpha value is -2.36. The van der Waals surface area contributed by atoms with Gasteiger partial charge in [-0.3, -0.25) is 4.98 Å². The second-order valence-corrected chi connectivity index (χ2v) is 3.97. The molecule has 4 heteroatoms. The van der Waals surface area contributed by atoms with Gasteiger partial charge in [0.25, 0.3) is 0 Å². The lowest BCUT2D eigenvalue weighted by molar-refractivity contribution is 0.0693. The minimum Gasteiger partial charge on any atom is -0.496 e. The zero-order valence-electron chi connectivity index (χ0n) is 10.2. The van der Waals surface area contributed by atoms with Crippen molar-refractivity contribution in [2.24, 2.45) is 0 Å². The number of rotatable bonds is 3. The fraction of sp³-hybridized carbons (Fsp3) is 0.143. The van der Waals surface area contributed by atoms with Gasteiger partial charge in [-0.25, -0.2) is 4.79 Å². The summed E-state index contributed by atoms with van der Waals surface area (Å²) >= 11 is 0. The van der Waals surface area contributed by atoms with E-state index in [1.165, 1.54) is 7.11 Å². The van der Waals surface area contributed by atoms with Gasteiger partial charge in [0.15, 0.2) is 0 Å². The molecule has 0 aliphatic rings. The predicted molar refractivity (Wildman–Crippen MR) is 67.9 cm³/mol. The summed E-state index contributed by atoms with van der Waals surface area (Å²) in [7, 11) is 1.46. The molecule has 0 radical (unpaired) electrons. The summed E-state index contributed by atoms with van der Waals surface area (Å²) < 4.78 is 5.10. The van der Waals surface area contributed by atoms with E-state index in [4.69, 9.17) is 9.84 Å². The van der Waals surface area contributed by atoms with Gasteiger partial charge < -0.3 is 9.84 Å². The molecule has 1 aromatic carbocycles. The molecule has 1 N–H and O–H groups in total. The zero-order valence-corrected chi connectivity index (χ0v) is 10.2. The highest BCUT2D eigenvalue weighted by Crippen LogP contribution is 2.27. The number of aromatic carboxylic acids is 1. The van der Waals surface area contributed by atoms with Gasteiger partial charge in [-0.15, -0.1) is 0 Å². The number of aromatic nitrogens is 1. The van der Waals surface area contributed by atoms with Crippen molar-refractivity contribution in [2.45, 2.75) is 6.92 Å². The third kappa shape index (κ3) is 2.32. The summed E-state index contributed by atoms with van der Waals surface area (Å²) in [4.78, 5) is 15.1. The minimum absolute atomic E-state index is 0.155. The molecule has 0 spiro atoms. The predicted octanol–water partition coefficient (Wildman–Crippen LogP) is 2.76. The summed E-state index contributed by atoms with van der Waals surface area (Å²) in [6, 6.07) is 6.99. The second-order valence-electron chi connectivity index (χ2n) is 3.97. The quantitative estimate of drug-likeness (QED) is 0.900. The molecule has 0 atom stereocenters. The van der Waals surface area contributed by atoms with E-state index in [-0.39, 0.29) is 5.56 Å². The molecule has 0 unspecified atom stereocenters. The van der Waals surface area contributed by atoms with E-state index in [2.05, 4.69) is 4.98 Å². The Morgan fingerprint density at radius 3 is 2.61 bits per heavy atom. The fourth-order valence-electron chi connectivity index (χ4n) is 1.76. The Morgan fingerprint density at radius 1 is 1.22 bits per heavy atom. The number of carboxylic acids is 1. The standard InChI is InChI=1S/C14H13NO3/c1-9-5-11(8-15-7-9)10-3-4-12(14(16)17)13(6-10)18-2/h3-8H,1-2H3,(H,16,17). The first kappa shape index (κ1) is 12.1. The van der Waals surface area contributed by atoms with Crippen molar-refractivity contribution in [3.63, 3.8) is 0 Å². The van der Waals surface area contributed by atoms with Crippen LogP contribution in [0.25, 0.3) is 11.1 Å². The fourth-order valence-corrected chi connectivity index (χ4v) is 1.76. The van der Waals surface area contributed by atoms with Crippen LogP contribution in [0.2, 0.25) is 0 Å². The largest absolute Gasteiger partial charge is 0.496 e. The van der Waals surface area contributed by atoms with Crippen molar-refractivity contribution in [2.75, 3.05) is 7.11 Å². The summed E-state index contributed by atoms with van der Waals surface area (Å²) in [6.45, 7) is 1.96. The van der Waals surface area contributed by atoms with Crippen LogP contribution < -0.4 is 4.74 Å². The van der Waals surface area contributed by atoms with Gasteiger partial charge in [0.2, 0.25) is 0 Å². The van der Waals surface area contributed by atoms with Crippen molar-refractivity contribution in [1.82, 2.24) is 4.98 Å². The van der Waals surface area contributed by atoms with Gasteiger partial charge in [0, 0.05) is 18.0 Å². The van der Waals surface area contributed by atoms with Gasteiger partial charge in [0.05, 0.1) is 7.11 Å². The molecule has 0 saturated carbocycles. The number of aryl methyl sites for hydroxylation is 1. The van der Waals surface area contributed by atoms with Gasteiger partial charge >= 0.3 is 5.97 Å². The SMILES string of the molecule is COc1cc(-c2cncc(C)c2)ccc1C(=O)O. The maximum atomic E-state index is 11.0. The number of hydrogen-bond acceptors (Lipinski definition) is 3. The number of carboxylic acid groups (broad SMARTS) is 1. The summed E-state index contributed by atoms with van der Waals surface area (Å²) in [5.74, 6) is -0.651. The Labute approximate surface area is 105 Å². The van der Waals surface area contributed by atoms with Crippen LogP contribution in [-0.2, 0) is 0 Å². The maximum absolute atomic E-state index is 11.0. The van der Waals surface area contributed by atoms with E-state index in [0.717, 1.165) is 16.7 Å². The van der Waals surface area contributed by atoms with Crippen LogP contribution in [0.1, 0.15) is 15.9 Å². The number of nitrogens with zero attached hydrogens (tertiary/aromatic N) is 1. The highest BCUT2D eigenvalue weighted by Gasteiger charge is 2.11. The molecular weight excluding hydrogens is 230 g/mol. The normalized spacial score (nSPS) is 10.1. The molecule has 0 aliphatic heterocycles. The van der Waals surface area contributed by atoms with E-state index in [9.17, 15) is 4.79 Å². The molecule has 18 heavy (non-hydrogen) atoms. The Bertz CT molecular complexity index is 593. The van der Waals surface area contributed by atoms with Crippen molar-refractivity contribution < 1.29 is 14.6 Å². The highest BCUT2D eigenvalue weighted by molar-refractivity contribution is 5.92. The van der Waals surface area contributed by atoms with Crippen LogP contribution in [0, 0.1) is 6.92 Å². The molecule has 2 aromatic rings. The average Bonchev–Trinajstić information content (AvgIpc) is 2.37. The van der Waals surface area contributed by atoms with Crippen molar-refractivity contribution in [1.29, 1.82) is 0 Å². The molecule has 0 fully saturated rings. The third-order valence-corrected chi connectivity index (χ3v) is 2.64. The molecule has 4 nitrogen and oxygen atoms in total. The molecule has 2 rings (SSSR count). The van der Waals surface area contributed by atoms with Crippen LogP contribution in [0.15, 0.2) is 36.7 Å². The number of benzene rings is 1. The molecule has 0 saturated heterocycles. The molecule has 0 aliphatic carbocycles. The Balaban J connectivity index is 2.51.